The van der Waals surface area contributed by atoms with E-state index in [0.717, 1.165) is 49.2 Å². The number of thioether (sulfide) groups is 1. The van der Waals surface area contributed by atoms with Gasteiger partial charge in [-0.25, -0.2) is 0 Å². The molecule has 0 aromatic carbocycles. The SMILES string of the molecule is O=C(NCC1(O)CCSCC1)C1=CCCC1. The number of aliphatic hydroxyl groups is 1. The fourth-order valence-corrected chi connectivity index (χ4v) is 3.42. The summed E-state index contributed by atoms with van der Waals surface area (Å²) in [6.07, 6.45) is 6.58. The highest BCUT2D eigenvalue weighted by atomic mass is 32.2. The van der Waals surface area contributed by atoms with Gasteiger partial charge >= 0.3 is 0 Å². The lowest BCUT2D eigenvalue weighted by Gasteiger charge is -2.31. The number of nitrogens with one attached hydrogen (secondary N) is 1. The van der Waals surface area contributed by atoms with Crippen molar-refractivity contribution in [1.29, 1.82) is 0 Å². The fraction of sp³-hybridized carbons (Fsp3) is 0.750. The van der Waals surface area contributed by atoms with E-state index in [9.17, 15) is 9.90 Å². The van der Waals surface area contributed by atoms with Crippen LogP contribution in [0.5, 0.6) is 0 Å². The second-order valence-corrected chi connectivity index (χ2v) is 5.87. The van der Waals surface area contributed by atoms with Gasteiger partial charge in [0, 0.05) is 12.1 Å². The Kier molecular flexibility index (Phi) is 3.92. The molecule has 1 aliphatic carbocycles. The van der Waals surface area contributed by atoms with Crippen LogP contribution in [0.15, 0.2) is 11.6 Å². The molecule has 2 rings (SSSR count). The zero-order valence-corrected chi connectivity index (χ0v) is 10.3. The molecule has 2 N–H and O–H groups in total. The molecule has 0 aromatic rings. The highest BCUT2D eigenvalue weighted by Gasteiger charge is 2.30. The quantitative estimate of drug-likeness (QED) is 0.786. The van der Waals surface area contributed by atoms with Gasteiger partial charge in [-0.2, -0.15) is 11.8 Å². The van der Waals surface area contributed by atoms with Crippen LogP contribution in [0.25, 0.3) is 0 Å². The van der Waals surface area contributed by atoms with E-state index in [4.69, 9.17) is 0 Å². The van der Waals surface area contributed by atoms with Crippen LogP contribution in [0.4, 0.5) is 0 Å². The highest BCUT2D eigenvalue weighted by molar-refractivity contribution is 7.99. The van der Waals surface area contributed by atoms with Crippen molar-refractivity contribution in [3.8, 4) is 0 Å². The third kappa shape index (κ3) is 3.01. The van der Waals surface area contributed by atoms with Gasteiger partial charge in [0.1, 0.15) is 0 Å². The van der Waals surface area contributed by atoms with Crippen LogP contribution in [-0.4, -0.2) is 34.7 Å². The van der Waals surface area contributed by atoms with Crippen molar-refractivity contribution in [3.63, 3.8) is 0 Å². The first-order valence-electron chi connectivity index (χ1n) is 5.97. The molecule has 0 unspecified atom stereocenters. The van der Waals surface area contributed by atoms with Crippen LogP contribution in [0.2, 0.25) is 0 Å². The van der Waals surface area contributed by atoms with E-state index in [-0.39, 0.29) is 5.91 Å². The van der Waals surface area contributed by atoms with Crippen LogP contribution in [0, 0.1) is 0 Å². The number of allylic oxidation sites excluding steroid dienone is 1. The molecule has 0 bridgehead atoms. The summed E-state index contributed by atoms with van der Waals surface area (Å²) < 4.78 is 0. The van der Waals surface area contributed by atoms with Crippen LogP contribution in [-0.2, 0) is 4.79 Å². The first-order chi connectivity index (χ1) is 7.70. The van der Waals surface area contributed by atoms with E-state index in [1.54, 1.807) is 0 Å². The second kappa shape index (κ2) is 5.23. The van der Waals surface area contributed by atoms with Gasteiger partial charge in [0.25, 0.3) is 0 Å². The molecule has 0 atom stereocenters. The number of hydrogen-bond acceptors (Lipinski definition) is 3. The standard InChI is InChI=1S/C12H19NO2S/c14-11(10-3-1-2-4-10)13-9-12(15)5-7-16-8-6-12/h3,15H,1-2,4-9H2,(H,13,14). The summed E-state index contributed by atoms with van der Waals surface area (Å²) in [5.74, 6) is 2.01. The lowest BCUT2D eigenvalue weighted by Crippen LogP contribution is -2.45. The number of amides is 1. The minimum atomic E-state index is -0.667. The van der Waals surface area contributed by atoms with Gasteiger partial charge in [-0.15, -0.1) is 0 Å². The first kappa shape index (κ1) is 12.0. The fourth-order valence-electron chi connectivity index (χ4n) is 2.16. The third-order valence-electron chi connectivity index (χ3n) is 3.33. The maximum absolute atomic E-state index is 11.7. The third-order valence-corrected chi connectivity index (χ3v) is 4.32. The number of hydrogen-bond donors (Lipinski definition) is 2. The van der Waals surface area contributed by atoms with E-state index in [0.29, 0.717) is 6.54 Å². The van der Waals surface area contributed by atoms with E-state index in [2.05, 4.69) is 5.32 Å². The Morgan fingerprint density at radius 1 is 1.50 bits per heavy atom. The molecule has 4 heteroatoms. The van der Waals surface area contributed by atoms with Crippen LogP contribution >= 0.6 is 11.8 Å². The zero-order valence-electron chi connectivity index (χ0n) is 9.50. The van der Waals surface area contributed by atoms with Crippen LogP contribution < -0.4 is 5.32 Å². The molecule has 1 heterocycles. The summed E-state index contributed by atoms with van der Waals surface area (Å²) in [4.78, 5) is 11.7. The summed E-state index contributed by atoms with van der Waals surface area (Å²) in [7, 11) is 0. The van der Waals surface area contributed by atoms with Crippen LogP contribution in [0.1, 0.15) is 32.1 Å². The summed E-state index contributed by atoms with van der Waals surface area (Å²) >= 11 is 1.87. The van der Waals surface area contributed by atoms with E-state index in [1.807, 2.05) is 17.8 Å². The van der Waals surface area contributed by atoms with Gasteiger partial charge in [0.05, 0.1) is 5.60 Å². The molecule has 0 radical (unpaired) electrons. The topological polar surface area (TPSA) is 49.3 Å². The molecule has 1 saturated heterocycles. The Morgan fingerprint density at radius 2 is 2.25 bits per heavy atom. The molecule has 90 valence electrons. The van der Waals surface area contributed by atoms with E-state index >= 15 is 0 Å². The largest absolute Gasteiger partial charge is 0.388 e. The van der Waals surface area contributed by atoms with Crippen molar-refractivity contribution < 1.29 is 9.90 Å². The minimum absolute atomic E-state index is 0.0177. The Hall–Kier alpha value is -0.480. The zero-order chi connectivity index (χ0) is 11.4. The molecule has 2 aliphatic rings. The minimum Gasteiger partial charge on any atom is -0.388 e. The average Bonchev–Trinajstić information content (AvgIpc) is 2.80. The van der Waals surface area contributed by atoms with Gasteiger partial charge in [-0.05, 0) is 43.6 Å². The van der Waals surface area contributed by atoms with Crippen molar-refractivity contribution in [1.82, 2.24) is 5.32 Å². The predicted molar refractivity (Wildman–Crippen MR) is 66.5 cm³/mol. The van der Waals surface area contributed by atoms with Crippen molar-refractivity contribution in [3.05, 3.63) is 11.6 Å². The first-order valence-corrected chi connectivity index (χ1v) is 7.12. The maximum Gasteiger partial charge on any atom is 0.246 e. The summed E-state index contributed by atoms with van der Waals surface area (Å²) in [6, 6.07) is 0. The molecule has 0 spiro atoms. The Balaban J connectivity index is 1.79. The van der Waals surface area contributed by atoms with Gasteiger partial charge in [0.2, 0.25) is 5.91 Å². The molecule has 0 saturated carbocycles. The van der Waals surface area contributed by atoms with Crippen molar-refractivity contribution in [2.75, 3.05) is 18.1 Å². The Bertz CT molecular complexity index is 295. The summed E-state index contributed by atoms with van der Waals surface area (Å²) in [5, 5.41) is 13.1. The molecular formula is C12H19NO2S. The lowest BCUT2D eigenvalue weighted by molar-refractivity contribution is -0.118. The predicted octanol–water partition coefficient (Wildman–Crippen LogP) is 1.47. The molecule has 16 heavy (non-hydrogen) atoms. The maximum atomic E-state index is 11.7. The number of rotatable bonds is 3. The molecule has 0 aromatic heterocycles. The van der Waals surface area contributed by atoms with Gasteiger partial charge in [-0.1, -0.05) is 6.08 Å². The van der Waals surface area contributed by atoms with Crippen LogP contribution in [0.3, 0.4) is 0 Å². The molecular weight excluding hydrogens is 222 g/mol. The smallest absolute Gasteiger partial charge is 0.246 e. The normalized spacial score (nSPS) is 23.9. The highest BCUT2D eigenvalue weighted by Crippen LogP contribution is 2.26. The van der Waals surface area contributed by atoms with Crippen molar-refractivity contribution in [2.24, 2.45) is 0 Å². The Labute approximate surface area is 101 Å². The monoisotopic (exact) mass is 241 g/mol. The molecule has 3 nitrogen and oxygen atoms in total. The number of carbonyl (C=O) groups is 1. The van der Waals surface area contributed by atoms with Gasteiger partial charge in [0.15, 0.2) is 0 Å². The van der Waals surface area contributed by atoms with Gasteiger partial charge in [-0.3, -0.25) is 4.79 Å². The van der Waals surface area contributed by atoms with Crippen molar-refractivity contribution in [2.45, 2.75) is 37.7 Å². The molecule has 1 amide bonds. The van der Waals surface area contributed by atoms with Gasteiger partial charge < -0.3 is 10.4 Å². The number of carbonyl (C=O) groups excluding carboxylic acids is 1. The lowest BCUT2D eigenvalue weighted by atomic mass is 9.97. The molecule has 1 aliphatic heterocycles. The van der Waals surface area contributed by atoms with E-state index < -0.39 is 5.60 Å². The summed E-state index contributed by atoms with van der Waals surface area (Å²) in [6.45, 7) is 0.406. The van der Waals surface area contributed by atoms with E-state index in [1.165, 1.54) is 0 Å². The molecule has 1 fully saturated rings. The summed E-state index contributed by atoms with van der Waals surface area (Å²) in [5.41, 5.74) is 0.230. The Morgan fingerprint density at radius 3 is 2.88 bits per heavy atom. The average molecular weight is 241 g/mol. The second-order valence-electron chi connectivity index (χ2n) is 4.64. The van der Waals surface area contributed by atoms with Crippen molar-refractivity contribution >= 4 is 17.7 Å².